The van der Waals surface area contributed by atoms with Crippen LogP contribution in [0.25, 0.3) is 76.9 Å². The maximum atomic E-state index is 6.16. The summed E-state index contributed by atoms with van der Waals surface area (Å²) in [5.74, 6) is 0.884. The summed E-state index contributed by atoms with van der Waals surface area (Å²) in [5, 5.41) is 8.52. The molecule has 10 aromatic rings. The second-order valence-electron chi connectivity index (χ2n) is 13.4. The first-order valence-corrected chi connectivity index (χ1v) is 17.7. The summed E-state index contributed by atoms with van der Waals surface area (Å²) in [6, 6.07) is 71.8. The minimum absolute atomic E-state index is 0.884. The Morgan fingerprint density at radius 3 is 1.65 bits per heavy atom. The van der Waals surface area contributed by atoms with Gasteiger partial charge >= 0.3 is 0 Å². The van der Waals surface area contributed by atoms with Gasteiger partial charge in [-0.25, -0.2) is 0 Å². The quantitative estimate of drug-likeness (QED) is 0.165. The molecule has 0 saturated heterocycles. The van der Waals surface area contributed by atoms with Gasteiger partial charge in [-0.15, -0.1) is 0 Å². The van der Waals surface area contributed by atoms with Crippen molar-refractivity contribution < 1.29 is 4.42 Å². The van der Waals surface area contributed by atoms with E-state index in [-0.39, 0.29) is 0 Å². The zero-order valence-electron chi connectivity index (χ0n) is 28.4. The van der Waals surface area contributed by atoms with Crippen LogP contribution in [-0.2, 0) is 0 Å². The molecule has 10 rings (SSSR count). The largest absolute Gasteiger partial charge is 0.456 e. The normalized spacial score (nSPS) is 11.5. The van der Waals surface area contributed by atoms with Gasteiger partial charge in [0, 0.05) is 27.7 Å². The van der Waals surface area contributed by atoms with Crippen LogP contribution >= 0.6 is 0 Å². The summed E-state index contributed by atoms with van der Waals surface area (Å²) in [4.78, 5) is 2.41. The van der Waals surface area contributed by atoms with Gasteiger partial charge in [-0.05, 0) is 97.7 Å². The Balaban J connectivity index is 1.02. The number of fused-ring (bicyclic) bond motifs is 5. The number of para-hydroxylation sites is 1. The summed E-state index contributed by atoms with van der Waals surface area (Å²) < 4.78 is 6.16. The summed E-state index contributed by atoms with van der Waals surface area (Å²) in [6.07, 6.45) is 0. The third-order valence-corrected chi connectivity index (χ3v) is 10.2. The van der Waals surface area contributed by atoms with E-state index in [4.69, 9.17) is 4.42 Å². The molecule has 0 aliphatic heterocycles. The van der Waals surface area contributed by atoms with Crippen LogP contribution in [0.3, 0.4) is 0 Å². The highest BCUT2D eigenvalue weighted by atomic mass is 16.3. The predicted molar refractivity (Wildman–Crippen MR) is 220 cm³/mol. The summed E-state index contributed by atoms with van der Waals surface area (Å²) >= 11 is 0. The van der Waals surface area contributed by atoms with Gasteiger partial charge in [0.1, 0.15) is 11.3 Å². The highest BCUT2D eigenvalue weighted by molar-refractivity contribution is 6.14. The van der Waals surface area contributed by atoms with E-state index in [1.165, 1.54) is 49.0 Å². The maximum Gasteiger partial charge on any atom is 0.135 e. The molecule has 52 heavy (non-hydrogen) atoms. The van der Waals surface area contributed by atoms with E-state index in [0.29, 0.717) is 0 Å². The molecule has 0 fully saturated rings. The van der Waals surface area contributed by atoms with E-state index in [1.54, 1.807) is 0 Å². The van der Waals surface area contributed by atoms with Crippen molar-refractivity contribution in [3.8, 4) is 33.6 Å². The standard InChI is InChI=1S/C50H33NO/c1-2-11-39-31-44(29-26-34(39)10-1)51(48-32-40-12-3-5-16-45(40)46-17-6-7-18-47(46)48)43-27-24-36(25-28-43)35-20-22-37(23-21-35)38-14-9-15-41(30-38)50-33-42-13-4-8-19-49(42)52-50/h1-33H. The van der Waals surface area contributed by atoms with Crippen molar-refractivity contribution in [1.29, 1.82) is 0 Å². The molecule has 0 bridgehead atoms. The number of anilines is 3. The molecule has 0 spiro atoms. The second kappa shape index (κ2) is 12.5. The van der Waals surface area contributed by atoms with E-state index in [0.717, 1.165) is 44.9 Å². The van der Waals surface area contributed by atoms with Crippen molar-refractivity contribution in [1.82, 2.24) is 0 Å². The molecule has 0 N–H and O–H groups in total. The van der Waals surface area contributed by atoms with Crippen molar-refractivity contribution in [3.05, 3.63) is 200 Å². The molecule has 0 saturated carbocycles. The van der Waals surface area contributed by atoms with Gasteiger partial charge in [0.15, 0.2) is 0 Å². The second-order valence-corrected chi connectivity index (χ2v) is 13.4. The third-order valence-electron chi connectivity index (χ3n) is 10.2. The fourth-order valence-corrected chi connectivity index (χ4v) is 7.60. The van der Waals surface area contributed by atoms with E-state index < -0.39 is 0 Å². The Morgan fingerprint density at radius 1 is 0.308 bits per heavy atom. The van der Waals surface area contributed by atoms with Crippen LogP contribution in [0.2, 0.25) is 0 Å². The van der Waals surface area contributed by atoms with Gasteiger partial charge in [0.2, 0.25) is 0 Å². The number of hydrogen-bond donors (Lipinski definition) is 0. The molecule has 244 valence electrons. The third kappa shape index (κ3) is 5.30. The predicted octanol–water partition coefficient (Wildman–Crippen LogP) is 14.4. The molecule has 9 aromatic carbocycles. The topological polar surface area (TPSA) is 16.4 Å². The Bertz CT molecular complexity index is 2870. The van der Waals surface area contributed by atoms with Crippen LogP contribution in [0.15, 0.2) is 205 Å². The average Bonchev–Trinajstić information content (AvgIpc) is 3.66. The first-order valence-electron chi connectivity index (χ1n) is 17.7. The van der Waals surface area contributed by atoms with Crippen molar-refractivity contribution in [3.63, 3.8) is 0 Å². The molecule has 0 aliphatic rings. The van der Waals surface area contributed by atoms with Crippen molar-refractivity contribution in [2.75, 3.05) is 4.90 Å². The number of furan rings is 1. The van der Waals surface area contributed by atoms with E-state index in [2.05, 4.69) is 187 Å². The van der Waals surface area contributed by atoms with E-state index in [9.17, 15) is 0 Å². The molecular formula is C50H33NO. The van der Waals surface area contributed by atoms with Gasteiger partial charge in [-0.1, -0.05) is 152 Å². The molecule has 2 heteroatoms. The van der Waals surface area contributed by atoms with Gasteiger partial charge in [-0.3, -0.25) is 0 Å². The zero-order chi connectivity index (χ0) is 34.4. The van der Waals surface area contributed by atoms with Crippen molar-refractivity contribution >= 4 is 60.3 Å². The van der Waals surface area contributed by atoms with Crippen molar-refractivity contribution in [2.24, 2.45) is 0 Å². The molecule has 0 aliphatic carbocycles. The molecule has 0 atom stereocenters. The van der Waals surface area contributed by atoms with Gasteiger partial charge < -0.3 is 9.32 Å². The Labute approximate surface area is 302 Å². The first kappa shape index (κ1) is 30.0. The molecular weight excluding hydrogens is 631 g/mol. The van der Waals surface area contributed by atoms with Crippen molar-refractivity contribution in [2.45, 2.75) is 0 Å². The molecule has 1 aromatic heterocycles. The molecule has 0 amide bonds. The Hall–Kier alpha value is -6.90. The van der Waals surface area contributed by atoms with E-state index >= 15 is 0 Å². The van der Waals surface area contributed by atoms with Gasteiger partial charge in [0.25, 0.3) is 0 Å². The lowest BCUT2D eigenvalue weighted by Gasteiger charge is -2.28. The zero-order valence-corrected chi connectivity index (χ0v) is 28.4. The van der Waals surface area contributed by atoms with Crippen LogP contribution in [0.1, 0.15) is 0 Å². The lowest BCUT2D eigenvalue weighted by atomic mass is 9.97. The number of hydrogen-bond acceptors (Lipinski definition) is 2. The summed E-state index contributed by atoms with van der Waals surface area (Å²) in [6.45, 7) is 0. The summed E-state index contributed by atoms with van der Waals surface area (Å²) in [7, 11) is 0. The highest BCUT2D eigenvalue weighted by Crippen LogP contribution is 2.43. The summed E-state index contributed by atoms with van der Waals surface area (Å²) in [5.41, 5.74) is 10.1. The Kier molecular flexibility index (Phi) is 7.18. The minimum Gasteiger partial charge on any atom is -0.456 e. The number of benzene rings is 9. The highest BCUT2D eigenvalue weighted by Gasteiger charge is 2.18. The molecule has 0 unspecified atom stereocenters. The lowest BCUT2D eigenvalue weighted by Crippen LogP contribution is -2.10. The monoisotopic (exact) mass is 663 g/mol. The maximum absolute atomic E-state index is 6.16. The van der Waals surface area contributed by atoms with Crippen LogP contribution in [-0.4, -0.2) is 0 Å². The molecule has 0 radical (unpaired) electrons. The van der Waals surface area contributed by atoms with Crippen LogP contribution in [0, 0.1) is 0 Å². The number of nitrogens with zero attached hydrogens (tertiary/aromatic N) is 1. The van der Waals surface area contributed by atoms with Crippen LogP contribution in [0.5, 0.6) is 0 Å². The molecule has 1 heterocycles. The Morgan fingerprint density at radius 2 is 0.885 bits per heavy atom. The SMILES string of the molecule is c1cc(-c2ccc(-c3ccc(N(c4ccc5ccccc5c4)c4cc5ccccc5c5ccccc45)cc3)cc2)cc(-c2cc3ccccc3o2)c1. The average molecular weight is 664 g/mol. The smallest absolute Gasteiger partial charge is 0.135 e. The lowest BCUT2D eigenvalue weighted by molar-refractivity contribution is 0.631. The van der Waals surface area contributed by atoms with Gasteiger partial charge in [0.05, 0.1) is 5.69 Å². The van der Waals surface area contributed by atoms with Crippen LogP contribution < -0.4 is 4.90 Å². The first-order chi connectivity index (χ1) is 25.7. The fraction of sp³-hybridized carbons (Fsp3) is 0. The minimum atomic E-state index is 0.884. The van der Waals surface area contributed by atoms with E-state index in [1.807, 2.05) is 18.2 Å². The van der Waals surface area contributed by atoms with Gasteiger partial charge in [-0.2, -0.15) is 0 Å². The fourth-order valence-electron chi connectivity index (χ4n) is 7.60. The number of rotatable bonds is 6. The van der Waals surface area contributed by atoms with Crippen LogP contribution in [0.4, 0.5) is 17.1 Å². The molecule has 2 nitrogen and oxygen atoms in total.